The number of rotatable bonds is 3. The van der Waals surface area contributed by atoms with Gasteiger partial charge in [-0.05, 0) is 27.7 Å². The molecule has 0 atom stereocenters. The van der Waals surface area contributed by atoms with E-state index >= 15 is 0 Å². The lowest BCUT2D eigenvalue weighted by Gasteiger charge is -2.17. The molecular formula is C9H14N4O2S. The SMILES string of the molecule is Cc1n[nH]c(C)c1S(=O)(=O)NC(C)(C)C#N. The molecule has 88 valence electrons. The van der Waals surface area contributed by atoms with Crippen molar-refractivity contribution in [3.05, 3.63) is 11.4 Å². The van der Waals surface area contributed by atoms with Gasteiger partial charge in [0.05, 0.1) is 17.5 Å². The molecule has 0 amide bonds. The van der Waals surface area contributed by atoms with E-state index in [1.165, 1.54) is 13.8 Å². The molecular weight excluding hydrogens is 228 g/mol. The van der Waals surface area contributed by atoms with Crippen molar-refractivity contribution in [1.82, 2.24) is 14.9 Å². The van der Waals surface area contributed by atoms with Crippen LogP contribution in [0.2, 0.25) is 0 Å². The molecule has 1 heterocycles. The average molecular weight is 242 g/mol. The van der Waals surface area contributed by atoms with Gasteiger partial charge in [0.15, 0.2) is 0 Å². The highest BCUT2D eigenvalue weighted by Gasteiger charge is 2.29. The molecule has 0 saturated carbocycles. The number of nitriles is 1. The Labute approximate surface area is 94.7 Å². The lowest BCUT2D eigenvalue weighted by molar-refractivity contribution is 0.535. The van der Waals surface area contributed by atoms with E-state index in [1.54, 1.807) is 13.8 Å². The van der Waals surface area contributed by atoms with Gasteiger partial charge in [0.1, 0.15) is 10.4 Å². The van der Waals surface area contributed by atoms with Gasteiger partial charge in [-0.2, -0.15) is 15.1 Å². The minimum Gasteiger partial charge on any atom is -0.281 e. The van der Waals surface area contributed by atoms with E-state index in [-0.39, 0.29) is 4.90 Å². The van der Waals surface area contributed by atoms with E-state index in [2.05, 4.69) is 14.9 Å². The molecule has 0 unspecified atom stereocenters. The number of nitrogens with zero attached hydrogens (tertiary/aromatic N) is 2. The largest absolute Gasteiger partial charge is 0.281 e. The van der Waals surface area contributed by atoms with Gasteiger partial charge < -0.3 is 0 Å². The van der Waals surface area contributed by atoms with Crippen molar-refractivity contribution in [3.8, 4) is 6.07 Å². The van der Waals surface area contributed by atoms with Gasteiger partial charge in [-0.1, -0.05) is 0 Å². The zero-order valence-electron chi connectivity index (χ0n) is 9.62. The van der Waals surface area contributed by atoms with Gasteiger partial charge in [0, 0.05) is 0 Å². The van der Waals surface area contributed by atoms with E-state index in [9.17, 15) is 8.42 Å². The average Bonchev–Trinajstić information content (AvgIpc) is 2.44. The summed E-state index contributed by atoms with van der Waals surface area (Å²) < 4.78 is 26.3. The summed E-state index contributed by atoms with van der Waals surface area (Å²) in [4.78, 5) is 0.107. The maximum atomic E-state index is 12.0. The van der Waals surface area contributed by atoms with Crippen LogP contribution in [-0.2, 0) is 10.0 Å². The van der Waals surface area contributed by atoms with Crippen LogP contribution in [-0.4, -0.2) is 24.2 Å². The summed E-state index contributed by atoms with van der Waals surface area (Å²) in [7, 11) is -3.71. The molecule has 16 heavy (non-hydrogen) atoms. The van der Waals surface area contributed by atoms with Crippen LogP contribution in [0.3, 0.4) is 0 Å². The molecule has 1 rings (SSSR count). The molecule has 2 N–H and O–H groups in total. The van der Waals surface area contributed by atoms with Crippen LogP contribution >= 0.6 is 0 Å². The first-order valence-electron chi connectivity index (χ1n) is 4.66. The van der Waals surface area contributed by atoms with Gasteiger partial charge in [0.25, 0.3) is 0 Å². The number of H-pyrrole nitrogens is 1. The number of hydrogen-bond acceptors (Lipinski definition) is 4. The van der Waals surface area contributed by atoms with Crippen molar-refractivity contribution in [3.63, 3.8) is 0 Å². The Morgan fingerprint density at radius 3 is 2.38 bits per heavy atom. The Bertz CT molecular complexity index is 517. The maximum Gasteiger partial charge on any atom is 0.245 e. The standard InChI is InChI=1S/C9H14N4O2S/c1-6-8(7(2)12-11-6)16(14,15)13-9(3,4)5-10/h13H,1-4H3,(H,11,12). The maximum absolute atomic E-state index is 12.0. The summed E-state index contributed by atoms with van der Waals surface area (Å²) in [6.07, 6.45) is 0. The molecule has 0 fully saturated rings. The van der Waals surface area contributed by atoms with Crippen LogP contribution < -0.4 is 4.72 Å². The molecule has 0 aliphatic carbocycles. The summed E-state index contributed by atoms with van der Waals surface area (Å²) >= 11 is 0. The quantitative estimate of drug-likeness (QED) is 0.811. The molecule has 0 spiro atoms. The highest BCUT2D eigenvalue weighted by Crippen LogP contribution is 2.18. The molecule has 7 heteroatoms. The number of aryl methyl sites for hydroxylation is 2. The molecule has 0 radical (unpaired) electrons. The fraction of sp³-hybridized carbons (Fsp3) is 0.556. The van der Waals surface area contributed by atoms with Gasteiger partial charge in [-0.25, -0.2) is 8.42 Å². The van der Waals surface area contributed by atoms with E-state index in [4.69, 9.17) is 5.26 Å². The number of nitrogens with one attached hydrogen (secondary N) is 2. The number of sulfonamides is 1. The molecule has 0 aromatic carbocycles. The Balaban J connectivity index is 3.20. The molecule has 1 aromatic heterocycles. The number of aromatic nitrogens is 2. The zero-order valence-corrected chi connectivity index (χ0v) is 10.4. The summed E-state index contributed by atoms with van der Waals surface area (Å²) in [6, 6.07) is 1.88. The molecule has 0 saturated heterocycles. The second-order valence-corrected chi connectivity index (χ2v) is 5.72. The van der Waals surface area contributed by atoms with Crippen LogP contribution in [0.4, 0.5) is 0 Å². The fourth-order valence-corrected chi connectivity index (χ4v) is 3.05. The van der Waals surface area contributed by atoms with Gasteiger partial charge >= 0.3 is 0 Å². The third-order valence-electron chi connectivity index (χ3n) is 2.00. The third kappa shape index (κ3) is 2.40. The molecule has 0 bridgehead atoms. The summed E-state index contributed by atoms with van der Waals surface area (Å²) in [5.41, 5.74) is -0.299. The Morgan fingerprint density at radius 1 is 1.44 bits per heavy atom. The topological polar surface area (TPSA) is 98.6 Å². The summed E-state index contributed by atoms with van der Waals surface area (Å²) in [6.45, 7) is 6.20. The Hall–Kier alpha value is -1.39. The second-order valence-electron chi connectivity index (χ2n) is 4.11. The highest BCUT2D eigenvalue weighted by molar-refractivity contribution is 7.89. The normalized spacial score (nSPS) is 12.4. The van der Waals surface area contributed by atoms with Crippen LogP contribution in [0, 0.1) is 25.2 Å². The van der Waals surface area contributed by atoms with E-state index < -0.39 is 15.6 Å². The van der Waals surface area contributed by atoms with Crippen LogP contribution in [0.1, 0.15) is 25.2 Å². The fourth-order valence-electron chi connectivity index (χ4n) is 1.35. The highest BCUT2D eigenvalue weighted by atomic mass is 32.2. The van der Waals surface area contributed by atoms with Crippen molar-refractivity contribution < 1.29 is 8.42 Å². The Kier molecular flexibility index (Phi) is 3.08. The molecule has 0 aliphatic rings. The van der Waals surface area contributed by atoms with Crippen molar-refractivity contribution in [1.29, 1.82) is 5.26 Å². The van der Waals surface area contributed by atoms with Gasteiger partial charge in [-0.15, -0.1) is 0 Å². The van der Waals surface area contributed by atoms with Crippen molar-refractivity contribution in [2.45, 2.75) is 38.1 Å². The van der Waals surface area contributed by atoms with Crippen LogP contribution in [0.15, 0.2) is 4.90 Å². The first-order valence-corrected chi connectivity index (χ1v) is 6.15. The summed E-state index contributed by atoms with van der Waals surface area (Å²) in [5.74, 6) is 0. The summed E-state index contributed by atoms with van der Waals surface area (Å²) in [5, 5.41) is 15.2. The lowest BCUT2D eigenvalue weighted by atomic mass is 10.1. The van der Waals surface area contributed by atoms with Crippen molar-refractivity contribution in [2.24, 2.45) is 0 Å². The van der Waals surface area contributed by atoms with Crippen LogP contribution in [0.25, 0.3) is 0 Å². The number of hydrogen-bond donors (Lipinski definition) is 2. The molecule has 1 aromatic rings. The van der Waals surface area contributed by atoms with Crippen LogP contribution in [0.5, 0.6) is 0 Å². The molecule has 6 nitrogen and oxygen atoms in total. The smallest absolute Gasteiger partial charge is 0.245 e. The van der Waals surface area contributed by atoms with E-state index in [1.807, 2.05) is 6.07 Å². The van der Waals surface area contributed by atoms with Gasteiger partial charge in [-0.3, -0.25) is 5.10 Å². The first-order chi connectivity index (χ1) is 7.19. The van der Waals surface area contributed by atoms with Gasteiger partial charge in [0.2, 0.25) is 10.0 Å². The Morgan fingerprint density at radius 2 is 2.00 bits per heavy atom. The van der Waals surface area contributed by atoms with Crippen molar-refractivity contribution >= 4 is 10.0 Å². The minimum atomic E-state index is -3.71. The van der Waals surface area contributed by atoms with E-state index in [0.717, 1.165) is 0 Å². The van der Waals surface area contributed by atoms with Crippen molar-refractivity contribution in [2.75, 3.05) is 0 Å². The lowest BCUT2D eigenvalue weighted by Crippen LogP contribution is -2.42. The predicted molar refractivity (Wildman–Crippen MR) is 58.1 cm³/mol. The second kappa shape index (κ2) is 3.88. The monoisotopic (exact) mass is 242 g/mol. The third-order valence-corrected chi connectivity index (χ3v) is 3.92. The minimum absolute atomic E-state index is 0.107. The first kappa shape index (κ1) is 12.7. The number of aromatic amines is 1. The zero-order chi connectivity index (χ0) is 12.6. The predicted octanol–water partition coefficient (Wildman–Crippen LogP) is 0.607. The van der Waals surface area contributed by atoms with E-state index in [0.29, 0.717) is 11.4 Å². The molecule has 0 aliphatic heterocycles.